The quantitative estimate of drug-likeness (QED) is 0.402. The first-order valence-corrected chi connectivity index (χ1v) is 6.74. The van der Waals surface area contributed by atoms with E-state index in [-0.39, 0.29) is 12.5 Å². The van der Waals surface area contributed by atoms with Gasteiger partial charge >= 0.3 is 0 Å². The van der Waals surface area contributed by atoms with Crippen LogP contribution in [0.4, 0.5) is 0 Å². The van der Waals surface area contributed by atoms with Crippen LogP contribution in [0.25, 0.3) is 0 Å². The number of nitrogens with one attached hydrogen (secondary N) is 1. The zero-order valence-electron chi connectivity index (χ0n) is 8.85. The smallest absolute Gasteiger partial charge is 0.245 e. The Kier molecular flexibility index (Phi) is 11.4. The van der Waals surface area contributed by atoms with Gasteiger partial charge in [-0.2, -0.15) is 0 Å². The van der Waals surface area contributed by atoms with Crippen LogP contribution < -0.4 is 5.32 Å². The summed E-state index contributed by atoms with van der Waals surface area (Å²) in [6.45, 7) is 3.47. The Labute approximate surface area is 100 Å². The SMILES string of the molecule is CCOCC(=O)NCCCCCCI. The van der Waals surface area contributed by atoms with Gasteiger partial charge in [0.25, 0.3) is 0 Å². The van der Waals surface area contributed by atoms with E-state index in [1.54, 1.807) is 0 Å². The molecule has 0 radical (unpaired) electrons. The summed E-state index contributed by atoms with van der Waals surface area (Å²) in [7, 11) is 0. The maximum absolute atomic E-state index is 11.1. The molecule has 0 aliphatic heterocycles. The van der Waals surface area contributed by atoms with E-state index in [4.69, 9.17) is 4.74 Å². The molecule has 0 rings (SSSR count). The van der Waals surface area contributed by atoms with E-state index in [0.717, 1.165) is 13.0 Å². The van der Waals surface area contributed by atoms with Gasteiger partial charge in [0.15, 0.2) is 0 Å². The molecule has 0 fully saturated rings. The van der Waals surface area contributed by atoms with E-state index >= 15 is 0 Å². The van der Waals surface area contributed by atoms with Crippen molar-refractivity contribution in [2.45, 2.75) is 32.6 Å². The molecule has 1 amide bonds. The molecular weight excluding hydrogens is 293 g/mol. The van der Waals surface area contributed by atoms with Gasteiger partial charge in [-0.05, 0) is 24.2 Å². The highest BCUT2D eigenvalue weighted by Crippen LogP contribution is 2.01. The molecule has 4 heteroatoms. The van der Waals surface area contributed by atoms with Crippen LogP contribution in [0.2, 0.25) is 0 Å². The summed E-state index contributed by atoms with van der Waals surface area (Å²) in [5, 5.41) is 2.83. The standard InChI is InChI=1S/C10H20INO2/c1-2-14-9-10(13)12-8-6-4-3-5-7-11/h2-9H2,1H3,(H,12,13). The number of hydrogen-bond acceptors (Lipinski definition) is 2. The summed E-state index contributed by atoms with van der Waals surface area (Å²) in [5.74, 6) is 0.000687. The second-order valence-electron chi connectivity index (χ2n) is 3.09. The fourth-order valence-electron chi connectivity index (χ4n) is 1.05. The predicted molar refractivity (Wildman–Crippen MR) is 66.9 cm³/mol. The van der Waals surface area contributed by atoms with Crippen LogP contribution in [0, 0.1) is 0 Å². The molecule has 0 unspecified atom stereocenters. The van der Waals surface area contributed by atoms with Gasteiger partial charge in [-0.15, -0.1) is 0 Å². The number of amides is 1. The van der Waals surface area contributed by atoms with Crippen LogP contribution in [0.1, 0.15) is 32.6 Å². The van der Waals surface area contributed by atoms with Crippen LogP contribution >= 0.6 is 22.6 Å². The topological polar surface area (TPSA) is 38.3 Å². The molecule has 0 saturated heterocycles. The molecule has 0 heterocycles. The van der Waals surface area contributed by atoms with Crippen molar-refractivity contribution in [3.8, 4) is 0 Å². The Morgan fingerprint density at radius 2 is 2.00 bits per heavy atom. The van der Waals surface area contributed by atoms with Crippen molar-refractivity contribution in [3.05, 3.63) is 0 Å². The third-order valence-corrected chi connectivity index (χ3v) is 2.58. The highest BCUT2D eigenvalue weighted by Gasteiger charge is 1.98. The van der Waals surface area contributed by atoms with Crippen LogP contribution in [0.15, 0.2) is 0 Å². The van der Waals surface area contributed by atoms with Crippen molar-refractivity contribution >= 4 is 28.5 Å². The van der Waals surface area contributed by atoms with Crippen molar-refractivity contribution in [2.24, 2.45) is 0 Å². The summed E-state index contributed by atoms with van der Waals surface area (Å²) in [4.78, 5) is 11.1. The molecule has 3 nitrogen and oxygen atoms in total. The molecule has 0 atom stereocenters. The molecule has 0 aromatic carbocycles. The minimum absolute atomic E-state index is 0.000687. The Morgan fingerprint density at radius 1 is 1.29 bits per heavy atom. The highest BCUT2D eigenvalue weighted by molar-refractivity contribution is 14.1. The average Bonchev–Trinajstić information content (AvgIpc) is 2.20. The zero-order valence-corrected chi connectivity index (χ0v) is 11.0. The molecular formula is C10H20INO2. The first-order chi connectivity index (χ1) is 6.81. The largest absolute Gasteiger partial charge is 0.372 e. The second kappa shape index (κ2) is 11.2. The van der Waals surface area contributed by atoms with Gasteiger partial charge in [0.2, 0.25) is 5.91 Å². The van der Waals surface area contributed by atoms with Crippen molar-refractivity contribution in [1.29, 1.82) is 0 Å². The highest BCUT2D eigenvalue weighted by atomic mass is 127. The monoisotopic (exact) mass is 313 g/mol. The lowest BCUT2D eigenvalue weighted by Crippen LogP contribution is -2.28. The lowest BCUT2D eigenvalue weighted by atomic mass is 10.2. The normalized spacial score (nSPS) is 10.1. The molecule has 14 heavy (non-hydrogen) atoms. The van der Waals surface area contributed by atoms with E-state index < -0.39 is 0 Å². The molecule has 0 aromatic heterocycles. The molecule has 0 spiro atoms. The van der Waals surface area contributed by atoms with Gasteiger partial charge in [0.1, 0.15) is 6.61 Å². The number of halogens is 1. The molecule has 84 valence electrons. The molecule has 0 bridgehead atoms. The lowest BCUT2D eigenvalue weighted by Gasteiger charge is -2.04. The lowest BCUT2D eigenvalue weighted by molar-refractivity contribution is -0.125. The van der Waals surface area contributed by atoms with Gasteiger partial charge in [0.05, 0.1) is 0 Å². The average molecular weight is 313 g/mol. The number of alkyl halides is 1. The van der Waals surface area contributed by atoms with Crippen LogP contribution in [0.5, 0.6) is 0 Å². The Balaban J connectivity index is 3.07. The van der Waals surface area contributed by atoms with E-state index in [1.165, 1.54) is 23.7 Å². The van der Waals surface area contributed by atoms with Gasteiger partial charge < -0.3 is 10.1 Å². The second-order valence-corrected chi connectivity index (χ2v) is 4.17. The van der Waals surface area contributed by atoms with Gasteiger partial charge in [-0.1, -0.05) is 35.4 Å². The van der Waals surface area contributed by atoms with Crippen molar-refractivity contribution in [3.63, 3.8) is 0 Å². The minimum atomic E-state index is 0.000687. The number of ether oxygens (including phenoxy) is 1. The molecule has 0 aliphatic rings. The van der Waals surface area contributed by atoms with Gasteiger partial charge in [-0.25, -0.2) is 0 Å². The molecule has 0 aromatic rings. The first kappa shape index (κ1) is 14.2. The summed E-state index contributed by atoms with van der Waals surface area (Å²) in [6.07, 6.45) is 4.84. The van der Waals surface area contributed by atoms with E-state index in [9.17, 15) is 4.79 Å². The van der Waals surface area contributed by atoms with E-state index in [0.29, 0.717) is 6.61 Å². The van der Waals surface area contributed by atoms with Crippen molar-refractivity contribution < 1.29 is 9.53 Å². The fourth-order valence-corrected chi connectivity index (χ4v) is 1.59. The summed E-state index contributed by atoms with van der Waals surface area (Å²) in [6, 6.07) is 0. The minimum Gasteiger partial charge on any atom is -0.372 e. The van der Waals surface area contributed by atoms with Crippen molar-refractivity contribution in [2.75, 3.05) is 24.2 Å². The maximum atomic E-state index is 11.1. The predicted octanol–water partition coefficient (Wildman–Crippen LogP) is 2.13. The summed E-state index contributed by atoms with van der Waals surface area (Å²) in [5.41, 5.74) is 0. The van der Waals surface area contributed by atoms with Gasteiger partial charge in [0, 0.05) is 13.2 Å². The number of hydrogen-bond donors (Lipinski definition) is 1. The molecule has 0 saturated carbocycles. The number of unbranched alkanes of at least 4 members (excludes halogenated alkanes) is 3. The van der Waals surface area contributed by atoms with Gasteiger partial charge in [-0.3, -0.25) is 4.79 Å². The first-order valence-electron chi connectivity index (χ1n) is 5.21. The summed E-state index contributed by atoms with van der Waals surface area (Å²) < 4.78 is 6.21. The van der Waals surface area contributed by atoms with Crippen LogP contribution in [-0.2, 0) is 9.53 Å². The number of carbonyl (C=O) groups excluding carboxylic acids is 1. The van der Waals surface area contributed by atoms with Crippen molar-refractivity contribution in [1.82, 2.24) is 5.32 Å². The maximum Gasteiger partial charge on any atom is 0.245 e. The number of carbonyl (C=O) groups is 1. The molecule has 1 N–H and O–H groups in total. The van der Waals surface area contributed by atoms with E-state index in [2.05, 4.69) is 27.9 Å². The van der Waals surface area contributed by atoms with E-state index in [1.807, 2.05) is 6.92 Å². The third-order valence-electron chi connectivity index (χ3n) is 1.82. The number of rotatable bonds is 9. The Bertz CT molecular complexity index is 142. The zero-order chi connectivity index (χ0) is 10.6. The Morgan fingerprint density at radius 3 is 2.64 bits per heavy atom. The Hall–Kier alpha value is 0.160. The summed E-state index contributed by atoms with van der Waals surface area (Å²) >= 11 is 2.39. The van der Waals surface area contributed by atoms with Crippen LogP contribution in [-0.4, -0.2) is 30.1 Å². The molecule has 0 aliphatic carbocycles. The van der Waals surface area contributed by atoms with Crippen LogP contribution in [0.3, 0.4) is 0 Å². The third kappa shape index (κ3) is 10.2. The fraction of sp³-hybridized carbons (Fsp3) is 0.900.